The van der Waals surface area contributed by atoms with Crippen molar-refractivity contribution >= 4 is 164 Å². The second-order valence-electron chi connectivity index (χ2n) is 28.8. The molecule has 11 aromatic carbocycles. The van der Waals surface area contributed by atoms with Crippen molar-refractivity contribution in [3.63, 3.8) is 0 Å². The molecule has 0 spiro atoms. The van der Waals surface area contributed by atoms with E-state index >= 15 is 0 Å². The molecule has 17 aromatic rings. The maximum absolute atomic E-state index is 12.6. The number of thioether (sulfide) groups is 1. The summed E-state index contributed by atoms with van der Waals surface area (Å²) < 4.78 is 36.0. The summed E-state index contributed by atoms with van der Waals surface area (Å²) in [5, 5.41) is 27.7. The first-order valence-electron chi connectivity index (χ1n) is 41.1. The standard InChI is InChI=1S/C19H16N4O2S.C19H17NO2.C18H17N3O3.C17H17N3O3S2.C15H14ClNO2.C12H11NO3/c1-25-14-8-6-13(7-9-14)21-18(24)10-23-17-5-3-2-4-15(17)22-19(23)16-11-26-12-20-16;1-22-17-11-9-16(10-12-17)20-19(21)13-15-7-4-6-14-5-2-3-8-18(14)15;1-21-18(23)15-6-4-3-5-14(15)16(20-21)11-17(22)19-12-7-9-13(24-2)10-8-12;1-3-20-16(22)15-13(8-9-24-15)19-17(20)25-10-14(21)18-11-4-6-12(23-2)7-5-11;1-11(19-14-5-3-2-4-6-14)15(18)17-13-9-7-12(16)8-10-13;1-7-10(12(15)16-2)8-5-3-4-6-9(8)13-11(7)14/h2-9,11-12H,10H2,1H3,(H,21,24);2-12H,13H2,1H3,(H,20,21);3-10H,11H2,1-2H3,(H,19,22);4-9H,3,10H2,1-2H3,(H,18,21);2-11H,1H3,(H,17,18);3-6H,1-2H3,(H,13,14). The number of ether oxygens (including phenoxy) is 6. The van der Waals surface area contributed by atoms with Crippen LogP contribution in [-0.4, -0.2) is 122 Å². The van der Waals surface area contributed by atoms with E-state index in [9.17, 15) is 43.2 Å². The molecule has 0 saturated carbocycles. The maximum Gasteiger partial charge on any atom is 0.339 e. The number of nitrogens with zero attached hydrogens (tertiary/aromatic N) is 7. The number of hydrogen-bond donors (Lipinski definition) is 6. The quantitative estimate of drug-likeness (QED) is 0.0186. The number of pyridine rings is 1. The molecule has 32 heteroatoms. The molecule has 5 amide bonds. The van der Waals surface area contributed by atoms with Crippen LogP contribution in [0.5, 0.6) is 28.7 Å². The molecule has 1 unspecified atom stereocenters. The Balaban J connectivity index is 0.000000144. The fourth-order valence-corrected chi connectivity index (χ4v) is 15.7. The number of esters is 1. The van der Waals surface area contributed by atoms with Gasteiger partial charge in [0.1, 0.15) is 45.7 Å². The second kappa shape index (κ2) is 46.9. The minimum Gasteiger partial charge on any atom is -0.497 e. The van der Waals surface area contributed by atoms with Gasteiger partial charge in [-0.2, -0.15) is 5.10 Å². The number of halogens is 1. The number of thiophene rings is 1. The molecule has 0 radical (unpaired) electrons. The zero-order chi connectivity index (χ0) is 93.6. The second-order valence-corrected chi connectivity index (χ2v) is 31.8. The number of methoxy groups -OCH3 is 5. The van der Waals surface area contributed by atoms with Gasteiger partial charge in [-0.25, -0.2) is 24.4 Å². The number of carbonyl (C=O) groups excluding carboxylic acids is 6. The van der Waals surface area contributed by atoms with E-state index in [1.807, 2.05) is 174 Å². The molecule has 0 aliphatic rings. The molecule has 28 nitrogen and oxygen atoms in total. The van der Waals surface area contributed by atoms with E-state index in [0.717, 1.165) is 67.4 Å². The molecule has 672 valence electrons. The van der Waals surface area contributed by atoms with Crippen LogP contribution in [0.4, 0.5) is 28.4 Å². The number of rotatable bonds is 24. The number of H-pyrrole nitrogens is 1. The molecule has 6 aromatic heterocycles. The van der Waals surface area contributed by atoms with Crippen molar-refractivity contribution in [3.8, 4) is 40.3 Å². The van der Waals surface area contributed by atoms with Gasteiger partial charge in [-0.15, -0.1) is 22.7 Å². The Bertz CT molecular complexity index is 7040. The molecular formula is C100H92ClN13O15S3. The van der Waals surface area contributed by atoms with Crippen molar-refractivity contribution in [2.75, 3.05) is 67.9 Å². The molecule has 6 heterocycles. The number of aryl methyl sites for hydroxylation is 1. The number of benzene rings is 11. The van der Waals surface area contributed by atoms with Crippen LogP contribution in [0.25, 0.3) is 65.2 Å². The first kappa shape index (κ1) is 95.5. The zero-order valence-corrected chi connectivity index (χ0v) is 76.4. The van der Waals surface area contributed by atoms with Gasteiger partial charge in [0.15, 0.2) is 17.1 Å². The minimum absolute atomic E-state index is 0.0264. The number of aromatic nitrogens is 8. The summed E-state index contributed by atoms with van der Waals surface area (Å²) in [5.41, 5.74) is 11.0. The lowest BCUT2D eigenvalue weighted by Crippen LogP contribution is -2.30. The number of aromatic amines is 1. The highest BCUT2D eigenvalue weighted by molar-refractivity contribution is 7.99. The molecule has 0 saturated heterocycles. The van der Waals surface area contributed by atoms with E-state index in [4.69, 9.17) is 35.3 Å². The van der Waals surface area contributed by atoms with Crippen molar-refractivity contribution in [1.82, 2.24) is 38.9 Å². The molecule has 6 N–H and O–H groups in total. The van der Waals surface area contributed by atoms with E-state index in [1.54, 1.807) is 169 Å². The smallest absolute Gasteiger partial charge is 0.339 e. The Kier molecular flexibility index (Phi) is 34.0. The van der Waals surface area contributed by atoms with E-state index < -0.39 is 12.1 Å². The normalized spacial score (nSPS) is 10.8. The largest absolute Gasteiger partial charge is 0.497 e. The van der Waals surface area contributed by atoms with Crippen LogP contribution in [0.15, 0.2) is 309 Å². The lowest BCUT2D eigenvalue weighted by molar-refractivity contribution is -0.122. The number of fused-ring (bicyclic) bond motifs is 5. The number of imidazole rings is 1. The van der Waals surface area contributed by atoms with Crippen LogP contribution in [0.1, 0.15) is 41.0 Å². The van der Waals surface area contributed by atoms with Crippen LogP contribution in [0, 0.1) is 6.92 Å². The number of nitrogens with one attached hydrogen (secondary N) is 6. The van der Waals surface area contributed by atoms with Crippen LogP contribution in [-0.2, 0) is 61.7 Å². The summed E-state index contributed by atoms with van der Waals surface area (Å²) in [7, 11) is 9.29. The highest BCUT2D eigenvalue weighted by Crippen LogP contribution is 2.29. The molecule has 0 fully saturated rings. The van der Waals surface area contributed by atoms with E-state index in [-0.39, 0.29) is 64.9 Å². The number of hydrogen-bond acceptors (Lipinski definition) is 22. The molecule has 0 bridgehead atoms. The van der Waals surface area contributed by atoms with Gasteiger partial charge in [-0.1, -0.05) is 133 Å². The monoisotopic (exact) mass is 1850 g/mol. The Morgan fingerprint density at radius 1 is 0.508 bits per heavy atom. The van der Waals surface area contributed by atoms with Gasteiger partial charge >= 0.3 is 5.97 Å². The third-order valence-corrected chi connectivity index (χ3v) is 22.7. The highest BCUT2D eigenvalue weighted by Gasteiger charge is 2.22. The summed E-state index contributed by atoms with van der Waals surface area (Å²) in [6.07, 6.45) is -0.133. The summed E-state index contributed by atoms with van der Waals surface area (Å²) in [4.78, 5) is 125. The van der Waals surface area contributed by atoms with Gasteiger partial charge in [0.05, 0.1) is 92.8 Å². The van der Waals surface area contributed by atoms with Crippen molar-refractivity contribution in [1.29, 1.82) is 0 Å². The topological polar surface area (TPSA) is 351 Å². The first-order chi connectivity index (χ1) is 64.0. The fourth-order valence-electron chi connectivity index (χ4n) is 13.4. The van der Waals surface area contributed by atoms with E-state index in [2.05, 4.69) is 68.5 Å². The van der Waals surface area contributed by atoms with Gasteiger partial charge in [0, 0.05) is 74.3 Å². The Morgan fingerprint density at radius 3 is 1.61 bits per heavy atom. The third-order valence-electron chi connectivity index (χ3n) is 20.0. The minimum atomic E-state index is -0.571. The number of carbonyl (C=O) groups is 6. The van der Waals surface area contributed by atoms with Crippen LogP contribution in [0.3, 0.4) is 0 Å². The maximum atomic E-state index is 12.6. The van der Waals surface area contributed by atoms with Gasteiger partial charge in [0.2, 0.25) is 23.6 Å². The van der Waals surface area contributed by atoms with E-state index in [1.165, 1.54) is 46.2 Å². The number of amides is 5. The van der Waals surface area contributed by atoms with Gasteiger partial charge in [-0.3, -0.25) is 42.9 Å². The van der Waals surface area contributed by atoms with Crippen LogP contribution in [0.2, 0.25) is 5.02 Å². The molecule has 17 rings (SSSR count). The van der Waals surface area contributed by atoms with Crippen LogP contribution >= 0.6 is 46.0 Å². The molecular weight excluding hydrogens is 1750 g/mol. The number of thiazole rings is 1. The van der Waals surface area contributed by atoms with Crippen molar-refractivity contribution in [2.24, 2.45) is 7.05 Å². The lowest BCUT2D eigenvalue weighted by atomic mass is 10.0. The predicted molar refractivity (Wildman–Crippen MR) is 523 cm³/mol. The third kappa shape index (κ3) is 25.9. The van der Waals surface area contributed by atoms with Crippen molar-refractivity contribution < 1.29 is 57.2 Å². The van der Waals surface area contributed by atoms with Gasteiger partial charge < -0.3 is 64.6 Å². The molecule has 132 heavy (non-hydrogen) atoms. The summed E-state index contributed by atoms with van der Waals surface area (Å²) in [6, 6.07) is 83.0. The first-order valence-corrected chi connectivity index (χ1v) is 44.3. The Hall–Kier alpha value is -15.6. The molecule has 0 aliphatic heterocycles. The summed E-state index contributed by atoms with van der Waals surface area (Å²) in [6.45, 7) is 5.88. The SMILES string of the molecule is CC(Oc1ccccc1)C(=O)Nc1ccc(Cl)cc1.CCn1c(SCC(=O)Nc2ccc(OC)cc2)nc2ccsc2c1=O.COC(=O)c1c(C)c(=O)[nH]c2ccccc12.COc1ccc(NC(=O)Cc2cccc3ccccc23)cc1.COc1ccc(NC(=O)Cc2nn(C)c(=O)c3ccccc23)cc1.COc1ccc(NC(=O)Cn2c(-c3cscn3)nc3ccccc32)cc1. The average Bonchev–Trinajstić information content (AvgIpc) is 1.47. The lowest BCUT2D eigenvalue weighted by Gasteiger charge is -2.14. The Labute approximate surface area is 775 Å². The average molecular weight is 1850 g/mol. The van der Waals surface area contributed by atoms with Gasteiger partial charge in [0.25, 0.3) is 22.6 Å². The van der Waals surface area contributed by atoms with E-state index in [0.29, 0.717) is 100 Å². The Morgan fingerprint density at radius 2 is 1.02 bits per heavy atom. The number of anilines is 5. The highest BCUT2D eigenvalue weighted by atomic mass is 35.5. The number of para-hydroxylation sites is 4. The predicted octanol–water partition coefficient (Wildman–Crippen LogP) is 18.5. The fraction of sp³-hybridized carbons (Fsp3) is 0.150. The van der Waals surface area contributed by atoms with Crippen LogP contribution < -0.4 is 66.9 Å². The molecule has 1 atom stereocenters. The zero-order valence-electron chi connectivity index (χ0n) is 73.2. The van der Waals surface area contributed by atoms with Gasteiger partial charge in [-0.05, 0) is 206 Å². The molecule has 0 aliphatic carbocycles. The van der Waals surface area contributed by atoms with Crippen molar-refractivity contribution in [2.45, 2.75) is 58.0 Å². The summed E-state index contributed by atoms with van der Waals surface area (Å²) >= 11 is 9.93. The van der Waals surface area contributed by atoms with Crippen molar-refractivity contribution in [3.05, 3.63) is 348 Å². The summed E-state index contributed by atoms with van der Waals surface area (Å²) in [5.74, 6) is 3.30.